The molecule has 0 aromatic carbocycles. The Morgan fingerprint density at radius 1 is 1.33 bits per heavy atom. The largest absolute Gasteiger partial charge is 0.347 e. The molecule has 18 heavy (non-hydrogen) atoms. The molecular formula is C13H12BrN3O. The smallest absolute Gasteiger partial charge is 0.270 e. The number of aromatic nitrogens is 2. The van der Waals surface area contributed by atoms with E-state index in [1.807, 2.05) is 19.1 Å². The minimum Gasteiger partial charge on any atom is -0.347 e. The molecule has 2 aromatic rings. The summed E-state index contributed by atoms with van der Waals surface area (Å²) in [5.41, 5.74) is 2.31. The summed E-state index contributed by atoms with van der Waals surface area (Å²) in [7, 11) is 0. The highest BCUT2D eigenvalue weighted by Crippen LogP contribution is 2.06. The molecule has 5 heteroatoms. The maximum Gasteiger partial charge on any atom is 0.270 e. The number of nitrogens with zero attached hydrogens (tertiary/aromatic N) is 2. The third-order valence-electron chi connectivity index (χ3n) is 2.37. The van der Waals surface area contributed by atoms with E-state index in [0.29, 0.717) is 16.8 Å². The molecule has 4 nitrogen and oxygen atoms in total. The lowest BCUT2D eigenvalue weighted by atomic mass is 10.2. The first-order valence-electron chi connectivity index (χ1n) is 5.47. The first kappa shape index (κ1) is 12.7. The van der Waals surface area contributed by atoms with Gasteiger partial charge in [0.1, 0.15) is 10.3 Å². The van der Waals surface area contributed by atoms with Gasteiger partial charge in [-0.2, -0.15) is 0 Å². The lowest BCUT2D eigenvalue weighted by Gasteiger charge is -2.05. The number of amides is 1. The van der Waals surface area contributed by atoms with E-state index in [0.717, 1.165) is 11.3 Å². The molecule has 1 amide bonds. The molecule has 2 aromatic heterocycles. The molecule has 2 rings (SSSR count). The monoisotopic (exact) mass is 305 g/mol. The van der Waals surface area contributed by atoms with Gasteiger partial charge in [0.2, 0.25) is 0 Å². The van der Waals surface area contributed by atoms with Crippen LogP contribution < -0.4 is 5.32 Å². The van der Waals surface area contributed by atoms with E-state index in [-0.39, 0.29) is 5.91 Å². The Labute approximate surface area is 114 Å². The van der Waals surface area contributed by atoms with Gasteiger partial charge in [0.25, 0.3) is 5.91 Å². The van der Waals surface area contributed by atoms with E-state index in [1.54, 1.807) is 24.4 Å². The SMILES string of the molecule is Cc1ccc(CNC(=O)c2cccc(Br)n2)cn1. The van der Waals surface area contributed by atoms with Crippen LogP contribution in [0.4, 0.5) is 0 Å². The molecule has 92 valence electrons. The standard InChI is InChI=1S/C13H12BrN3O/c1-9-5-6-10(7-15-9)8-16-13(18)11-3-2-4-12(14)17-11/h2-7H,8H2,1H3,(H,16,18). The summed E-state index contributed by atoms with van der Waals surface area (Å²) in [5.74, 6) is -0.197. The fraction of sp³-hybridized carbons (Fsp3) is 0.154. The number of nitrogens with one attached hydrogen (secondary N) is 1. The quantitative estimate of drug-likeness (QED) is 0.886. The Morgan fingerprint density at radius 3 is 2.83 bits per heavy atom. The van der Waals surface area contributed by atoms with Crippen molar-refractivity contribution in [3.63, 3.8) is 0 Å². The number of aryl methyl sites for hydroxylation is 1. The van der Waals surface area contributed by atoms with Crippen molar-refractivity contribution in [2.75, 3.05) is 0 Å². The van der Waals surface area contributed by atoms with Crippen LogP contribution in [0.25, 0.3) is 0 Å². The van der Waals surface area contributed by atoms with E-state index in [4.69, 9.17) is 0 Å². The molecule has 0 saturated heterocycles. The Bertz CT molecular complexity index is 554. The van der Waals surface area contributed by atoms with Crippen molar-refractivity contribution in [3.8, 4) is 0 Å². The molecule has 0 bridgehead atoms. The number of rotatable bonds is 3. The summed E-state index contributed by atoms with van der Waals surface area (Å²) in [6.07, 6.45) is 1.75. The predicted molar refractivity (Wildman–Crippen MR) is 72.1 cm³/mol. The highest BCUT2D eigenvalue weighted by atomic mass is 79.9. The van der Waals surface area contributed by atoms with Crippen LogP contribution in [0.3, 0.4) is 0 Å². The van der Waals surface area contributed by atoms with E-state index < -0.39 is 0 Å². The van der Waals surface area contributed by atoms with Crippen LogP contribution in [-0.4, -0.2) is 15.9 Å². The van der Waals surface area contributed by atoms with Gasteiger partial charge in [0.15, 0.2) is 0 Å². The van der Waals surface area contributed by atoms with Gasteiger partial charge in [-0.05, 0) is 46.6 Å². The topological polar surface area (TPSA) is 54.9 Å². The molecule has 0 atom stereocenters. The van der Waals surface area contributed by atoms with Gasteiger partial charge in [-0.3, -0.25) is 9.78 Å². The molecule has 0 aliphatic rings. The minimum absolute atomic E-state index is 0.197. The average molecular weight is 306 g/mol. The van der Waals surface area contributed by atoms with Gasteiger partial charge >= 0.3 is 0 Å². The van der Waals surface area contributed by atoms with Crippen molar-refractivity contribution >= 4 is 21.8 Å². The zero-order chi connectivity index (χ0) is 13.0. The van der Waals surface area contributed by atoms with Gasteiger partial charge in [-0.25, -0.2) is 4.98 Å². The number of carbonyl (C=O) groups excluding carboxylic acids is 1. The number of carbonyl (C=O) groups is 1. The fourth-order valence-electron chi connectivity index (χ4n) is 1.41. The van der Waals surface area contributed by atoms with Crippen molar-refractivity contribution in [1.82, 2.24) is 15.3 Å². The second kappa shape index (κ2) is 5.73. The molecule has 2 heterocycles. The second-order valence-corrected chi connectivity index (χ2v) is 4.65. The highest BCUT2D eigenvalue weighted by Gasteiger charge is 2.06. The highest BCUT2D eigenvalue weighted by molar-refractivity contribution is 9.10. The lowest BCUT2D eigenvalue weighted by molar-refractivity contribution is 0.0945. The fourth-order valence-corrected chi connectivity index (χ4v) is 1.75. The summed E-state index contributed by atoms with van der Waals surface area (Å²) in [6, 6.07) is 9.09. The Balaban J connectivity index is 1.98. The summed E-state index contributed by atoms with van der Waals surface area (Å²) in [6.45, 7) is 2.37. The zero-order valence-corrected chi connectivity index (χ0v) is 11.4. The van der Waals surface area contributed by atoms with Crippen molar-refractivity contribution in [1.29, 1.82) is 0 Å². The van der Waals surface area contributed by atoms with Crippen LogP contribution >= 0.6 is 15.9 Å². The van der Waals surface area contributed by atoms with Crippen molar-refractivity contribution in [3.05, 3.63) is 58.1 Å². The van der Waals surface area contributed by atoms with Gasteiger partial charge in [0, 0.05) is 18.4 Å². The number of halogens is 1. The third kappa shape index (κ3) is 3.37. The molecule has 0 spiro atoms. The minimum atomic E-state index is -0.197. The van der Waals surface area contributed by atoms with Gasteiger partial charge in [-0.15, -0.1) is 0 Å². The summed E-state index contributed by atoms with van der Waals surface area (Å²) < 4.78 is 0.646. The molecule has 0 saturated carbocycles. The predicted octanol–water partition coefficient (Wildman–Crippen LogP) is 2.48. The third-order valence-corrected chi connectivity index (χ3v) is 2.82. The molecule has 0 fully saturated rings. The first-order chi connectivity index (χ1) is 8.65. The Morgan fingerprint density at radius 2 is 2.17 bits per heavy atom. The van der Waals surface area contributed by atoms with Crippen LogP contribution in [0.1, 0.15) is 21.7 Å². The molecule has 0 unspecified atom stereocenters. The van der Waals surface area contributed by atoms with E-state index >= 15 is 0 Å². The zero-order valence-electron chi connectivity index (χ0n) is 9.85. The van der Waals surface area contributed by atoms with Crippen LogP contribution in [0, 0.1) is 6.92 Å². The summed E-state index contributed by atoms with van der Waals surface area (Å²) in [5, 5.41) is 2.80. The van der Waals surface area contributed by atoms with Crippen LogP contribution in [-0.2, 0) is 6.54 Å². The van der Waals surface area contributed by atoms with Gasteiger partial charge in [-0.1, -0.05) is 12.1 Å². The maximum absolute atomic E-state index is 11.8. The summed E-state index contributed by atoms with van der Waals surface area (Å²) >= 11 is 3.23. The van der Waals surface area contributed by atoms with Crippen LogP contribution in [0.2, 0.25) is 0 Å². The maximum atomic E-state index is 11.8. The average Bonchev–Trinajstić information content (AvgIpc) is 2.38. The van der Waals surface area contributed by atoms with E-state index in [9.17, 15) is 4.79 Å². The number of hydrogen-bond acceptors (Lipinski definition) is 3. The second-order valence-electron chi connectivity index (χ2n) is 3.84. The van der Waals surface area contributed by atoms with Crippen molar-refractivity contribution in [2.24, 2.45) is 0 Å². The molecule has 0 aliphatic heterocycles. The molecular weight excluding hydrogens is 294 g/mol. The summed E-state index contributed by atoms with van der Waals surface area (Å²) in [4.78, 5) is 20.1. The van der Waals surface area contributed by atoms with Crippen molar-refractivity contribution < 1.29 is 4.79 Å². The van der Waals surface area contributed by atoms with Crippen LogP contribution in [0.5, 0.6) is 0 Å². The lowest BCUT2D eigenvalue weighted by Crippen LogP contribution is -2.23. The van der Waals surface area contributed by atoms with Gasteiger partial charge in [0.05, 0.1) is 0 Å². The molecule has 1 N–H and O–H groups in total. The molecule has 0 radical (unpaired) electrons. The Hall–Kier alpha value is -1.75. The first-order valence-corrected chi connectivity index (χ1v) is 6.27. The Kier molecular flexibility index (Phi) is 4.04. The van der Waals surface area contributed by atoms with E-state index in [1.165, 1.54) is 0 Å². The number of hydrogen-bond donors (Lipinski definition) is 1. The van der Waals surface area contributed by atoms with Gasteiger partial charge < -0.3 is 5.32 Å². The van der Waals surface area contributed by atoms with E-state index in [2.05, 4.69) is 31.2 Å². The number of pyridine rings is 2. The normalized spacial score (nSPS) is 10.1. The van der Waals surface area contributed by atoms with Crippen molar-refractivity contribution in [2.45, 2.75) is 13.5 Å². The molecule has 0 aliphatic carbocycles. The van der Waals surface area contributed by atoms with Crippen LogP contribution in [0.15, 0.2) is 41.1 Å².